The molecule has 5 N–H and O–H groups in total. The molecule has 29 heavy (non-hydrogen) atoms. The van der Waals surface area contributed by atoms with E-state index in [1.165, 1.54) is 11.9 Å². The predicted molar refractivity (Wildman–Crippen MR) is 122 cm³/mol. The number of benzene rings is 1. The van der Waals surface area contributed by atoms with Gasteiger partial charge in [0.25, 0.3) is 0 Å². The molecule has 0 saturated heterocycles. The fourth-order valence-electron chi connectivity index (χ4n) is 2.09. The lowest BCUT2D eigenvalue weighted by atomic mass is 10.2. The van der Waals surface area contributed by atoms with Crippen LogP contribution in [0.3, 0.4) is 0 Å². The lowest BCUT2D eigenvalue weighted by molar-refractivity contribution is 0.464. The van der Waals surface area contributed by atoms with Crippen molar-refractivity contribution in [2.75, 3.05) is 5.32 Å². The van der Waals surface area contributed by atoms with Crippen LogP contribution in [0.2, 0.25) is 5.02 Å². The summed E-state index contributed by atoms with van der Waals surface area (Å²) in [6, 6.07) is 4.91. The Morgan fingerprint density at radius 2 is 2.03 bits per heavy atom. The number of nitrogens with one attached hydrogen (secondary N) is 2. The molecule has 154 valence electrons. The molecule has 0 aliphatic carbocycles. The number of amidine groups is 1. The average Bonchev–Trinajstić information content (AvgIpc) is 2.71. The van der Waals surface area contributed by atoms with Gasteiger partial charge < -0.3 is 16.2 Å². The van der Waals surface area contributed by atoms with Crippen LogP contribution in [0.15, 0.2) is 61.0 Å². The van der Waals surface area contributed by atoms with E-state index in [2.05, 4.69) is 41.8 Å². The second-order valence-electron chi connectivity index (χ2n) is 6.09. The van der Waals surface area contributed by atoms with Crippen molar-refractivity contribution in [2.24, 2.45) is 5.73 Å². The van der Waals surface area contributed by atoms with Gasteiger partial charge in [-0.1, -0.05) is 61.9 Å². The number of nitrogen functional groups attached to an aromatic ring is 1. The zero-order valence-corrected chi connectivity index (χ0v) is 17.8. The van der Waals surface area contributed by atoms with E-state index < -0.39 is 0 Å². The molecule has 0 spiro atoms. The first-order valence-electron chi connectivity index (χ1n) is 9.22. The van der Waals surface area contributed by atoms with Crippen molar-refractivity contribution in [1.82, 2.24) is 9.97 Å². The number of anilines is 2. The molecule has 2 rings (SSSR count). The number of aryl methyl sites for hydroxylation is 1. The van der Waals surface area contributed by atoms with Crippen LogP contribution in [0.25, 0.3) is 0 Å². The minimum atomic E-state index is -0.0587. The molecular formula is C22H28ClN5O. The summed E-state index contributed by atoms with van der Waals surface area (Å²) in [7, 11) is 0. The molecule has 0 atom stereocenters. The van der Waals surface area contributed by atoms with Gasteiger partial charge in [-0.3, -0.25) is 5.41 Å². The van der Waals surface area contributed by atoms with E-state index >= 15 is 0 Å². The third kappa shape index (κ3) is 7.79. The molecule has 0 saturated carbocycles. The second kappa shape index (κ2) is 12.4. The molecule has 0 aliphatic rings. The number of hydrogen-bond acceptors (Lipinski definition) is 5. The summed E-state index contributed by atoms with van der Waals surface area (Å²) in [6.45, 7) is 9.72. The molecule has 1 aromatic carbocycles. The first-order valence-corrected chi connectivity index (χ1v) is 9.60. The molecule has 7 heteroatoms. The molecule has 0 aliphatic heterocycles. The lowest BCUT2D eigenvalue weighted by Gasteiger charge is -2.11. The molecule has 6 nitrogen and oxygen atoms in total. The van der Waals surface area contributed by atoms with Gasteiger partial charge in [0.2, 0.25) is 0 Å². The van der Waals surface area contributed by atoms with Crippen LogP contribution in [0.4, 0.5) is 11.5 Å². The Labute approximate surface area is 177 Å². The van der Waals surface area contributed by atoms with Gasteiger partial charge in [0.1, 0.15) is 12.2 Å². The van der Waals surface area contributed by atoms with E-state index in [0.29, 0.717) is 28.4 Å². The molecule has 2 aromatic rings. The topological polar surface area (TPSA) is 108 Å². The number of hydrogen-bond donors (Lipinski definition) is 4. The monoisotopic (exact) mass is 413 g/mol. The van der Waals surface area contributed by atoms with Gasteiger partial charge in [-0.05, 0) is 38.0 Å². The maximum Gasteiger partial charge on any atom is 0.180 e. The number of aromatic nitrogens is 2. The zero-order valence-electron chi connectivity index (χ0n) is 17.0. The van der Waals surface area contributed by atoms with E-state index in [0.717, 1.165) is 6.42 Å². The van der Waals surface area contributed by atoms with Crippen molar-refractivity contribution in [2.45, 2.75) is 33.6 Å². The standard InChI is InChI=1S/C13H14ClN5O.C9H14/c1-2-9-11(20)13(18-6-17-9)19-10-4-3-7(12(15)16)5-8(10)14;1-4-6-7-8-9(3)5-2/h3-6,20H,2H2,1H3,(H3,15,16)(H,17,18,19);4,6-8H,1,5H2,2-3H3/b;7-6-,9-8+. The van der Waals surface area contributed by atoms with Crippen LogP contribution in [0.1, 0.15) is 38.4 Å². The van der Waals surface area contributed by atoms with Crippen molar-refractivity contribution in [3.63, 3.8) is 0 Å². The number of rotatable bonds is 7. The summed E-state index contributed by atoms with van der Waals surface area (Å²) in [5.74, 6) is 0.229. The van der Waals surface area contributed by atoms with Crippen molar-refractivity contribution in [3.8, 4) is 5.75 Å². The number of allylic oxidation sites excluding steroid dienone is 5. The van der Waals surface area contributed by atoms with Crippen LogP contribution in [-0.4, -0.2) is 20.9 Å². The van der Waals surface area contributed by atoms with Crippen LogP contribution >= 0.6 is 11.6 Å². The summed E-state index contributed by atoms with van der Waals surface area (Å²) < 4.78 is 0. The minimum absolute atomic E-state index is 0.00158. The fraction of sp³-hybridized carbons (Fsp3) is 0.227. The molecule has 1 aromatic heterocycles. The van der Waals surface area contributed by atoms with Crippen LogP contribution in [-0.2, 0) is 6.42 Å². The maximum atomic E-state index is 10.00. The molecule has 0 radical (unpaired) electrons. The summed E-state index contributed by atoms with van der Waals surface area (Å²) in [5.41, 5.74) is 8.43. The SMILES string of the molecule is C=C/C=C\C=C(/C)CC.CCc1ncnc(Nc2ccc(C(=N)N)cc2Cl)c1O. The first-order chi connectivity index (χ1) is 13.8. The third-order valence-electron chi connectivity index (χ3n) is 3.95. The predicted octanol–water partition coefficient (Wildman–Crippen LogP) is 5.51. The number of nitrogens with zero attached hydrogens (tertiary/aromatic N) is 2. The number of nitrogens with two attached hydrogens (primary N) is 1. The van der Waals surface area contributed by atoms with Gasteiger partial charge in [0.15, 0.2) is 11.6 Å². The van der Waals surface area contributed by atoms with Gasteiger partial charge in [-0.25, -0.2) is 9.97 Å². The minimum Gasteiger partial charge on any atom is -0.503 e. The summed E-state index contributed by atoms with van der Waals surface area (Å²) in [6.07, 6.45) is 10.9. The molecule has 0 fully saturated rings. The smallest absolute Gasteiger partial charge is 0.180 e. The van der Waals surface area contributed by atoms with Gasteiger partial charge in [-0.2, -0.15) is 0 Å². The lowest BCUT2D eigenvalue weighted by Crippen LogP contribution is -2.11. The van der Waals surface area contributed by atoms with Gasteiger partial charge in [-0.15, -0.1) is 0 Å². The summed E-state index contributed by atoms with van der Waals surface area (Å²) >= 11 is 6.11. The zero-order chi connectivity index (χ0) is 21.8. The molecular weight excluding hydrogens is 386 g/mol. The normalized spacial score (nSPS) is 11.0. The largest absolute Gasteiger partial charge is 0.503 e. The van der Waals surface area contributed by atoms with Crippen LogP contribution in [0, 0.1) is 5.41 Å². The average molecular weight is 414 g/mol. The molecule has 1 heterocycles. The van der Waals surface area contributed by atoms with E-state index in [1.54, 1.807) is 24.3 Å². The van der Waals surface area contributed by atoms with Crippen LogP contribution < -0.4 is 11.1 Å². The number of aromatic hydroxyl groups is 1. The van der Waals surface area contributed by atoms with Gasteiger partial charge >= 0.3 is 0 Å². The van der Waals surface area contributed by atoms with E-state index in [4.69, 9.17) is 22.7 Å². The Morgan fingerprint density at radius 1 is 1.31 bits per heavy atom. The Bertz CT molecular complexity index is 906. The second-order valence-corrected chi connectivity index (χ2v) is 6.50. The highest BCUT2D eigenvalue weighted by Gasteiger charge is 2.11. The Hall–Kier alpha value is -3.12. The van der Waals surface area contributed by atoms with E-state index in [-0.39, 0.29) is 17.4 Å². The third-order valence-corrected chi connectivity index (χ3v) is 4.26. The quantitative estimate of drug-likeness (QED) is 0.272. The van der Waals surface area contributed by atoms with Crippen molar-refractivity contribution in [1.29, 1.82) is 5.41 Å². The Kier molecular flexibility index (Phi) is 10.2. The highest BCUT2D eigenvalue weighted by atomic mass is 35.5. The van der Waals surface area contributed by atoms with Crippen molar-refractivity contribution < 1.29 is 5.11 Å². The fourth-order valence-corrected chi connectivity index (χ4v) is 2.32. The van der Waals surface area contributed by atoms with Gasteiger partial charge in [0, 0.05) is 5.56 Å². The Balaban J connectivity index is 0.000000396. The number of halogens is 1. The maximum absolute atomic E-state index is 10.00. The Morgan fingerprint density at radius 3 is 2.59 bits per heavy atom. The highest BCUT2D eigenvalue weighted by molar-refractivity contribution is 6.33. The van der Waals surface area contributed by atoms with Gasteiger partial charge in [0.05, 0.1) is 16.4 Å². The molecule has 0 unspecified atom stereocenters. The first kappa shape index (κ1) is 23.9. The van der Waals surface area contributed by atoms with Crippen molar-refractivity contribution in [3.05, 3.63) is 77.3 Å². The molecule has 0 bridgehead atoms. The molecule has 0 amide bonds. The van der Waals surface area contributed by atoms with E-state index in [1.807, 2.05) is 19.1 Å². The van der Waals surface area contributed by atoms with Crippen LogP contribution in [0.5, 0.6) is 5.75 Å². The summed E-state index contributed by atoms with van der Waals surface area (Å²) in [5, 5.41) is 20.7. The van der Waals surface area contributed by atoms with Crippen molar-refractivity contribution >= 4 is 28.9 Å². The highest BCUT2D eigenvalue weighted by Crippen LogP contribution is 2.30. The summed E-state index contributed by atoms with van der Waals surface area (Å²) in [4.78, 5) is 7.96. The van der Waals surface area contributed by atoms with E-state index in [9.17, 15) is 5.11 Å².